The maximum absolute atomic E-state index is 5.53. The summed E-state index contributed by atoms with van der Waals surface area (Å²) in [5, 5.41) is 3.41. The second-order valence-electron chi connectivity index (χ2n) is 4.62. The van der Waals surface area contributed by atoms with Gasteiger partial charge >= 0.3 is 0 Å². The zero-order valence-electron chi connectivity index (χ0n) is 9.22. The Kier molecular flexibility index (Phi) is 3.19. The van der Waals surface area contributed by atoms with Gasteiger partial charge in [0, 0.05) is 25.2 Å². The van der Waals surface area contributed by atoms with Crippen LogP contribution in [0.25, 0.3) is 0 Å². The highest BCUT2D eigenvalue weighted by atomic mass is 79.9. The van der Waals surface area contributed by atoms with E-state index >= 15 is 0 Å². The van der Waals surface area contributed by atoms with Crippen LogP contribution in [0.5, 0.6) is 0 Å². The number of halogens is 1. The van der Waals surface area contributed by atoms with E-state index in [2.05, 4.69) is 40.0 Å². The number of piperazine rings is 1. The predicted octanol–water partition coefficient (Wildman–Crippen LogP) is 2.23. The van der Waals surface area contributed by atoms with Crippen molar-refractivity contribution < 1.29 is 4.42 Å². The minimum atomic E-state index is 0.206. The summed E-state index contributed by atoms with van der Waals surface area (Å²) in [5.74, 6) is 1.02. The molecule has 0 atom stereocenters. The molecular formula is C11H17BrN2O. The molecule has 1 aliphatic heterocycles. The van der Waals surface area contributed by atoms with Crippen LogP contribution in [0, 0.1) is 0 Å². The molecule has 84 valence electrons. The molecule has 1 fully saturated rings. The highest BCUT2D eigenvalue weighted by Crippen LogP contribution is 2.21. The molecular weight excluding hydrogens is 256 g/mol. The van der Waals surface area contributed by atoms with Gasteiger partial charge in [-0.3, -0.25) is 4.90 Å². The van der Waals surface area contributed by atoms with E-state index in [4.69, 9.17) is 4.42 Å². The molecule has 0 bridgehead atoms. The molecule has 0 aliphatic carbocycles. The van der Waals surface area contributed by atoms with E-state index in [1.54, 1.807) is 0 Å². The van der Waals surface area contributed by atoms with Gasteiger partial charge in [0.1, 0.15) is 5.76 Å². The third-order valence-corrected chi connectivity index (χ3v) is 3.37. The zero-order valence-corrected chi connectivity index (χ0v) is 10.8. The SMILES string of the molecule is CC1(C)CNCCN1Cc1ccc(Br)o1. The van der Waals surface area contributed by atoms with Gasteiger partial charge in [-0.15, -0.1) is 0 Å². The first kappa shape index (κ1) is 11.2. The van der Waals surface area contributed by atoms with Crippen LogP contribution < -0.4 is 5.32 Å². The molecule has 4 heteroatoms. The lowest BCUT2D eigenvalue weighted by atomic mass is 10.00. The topological polar surface area (TPSA) is 28.4 Å². The molecule has 15 heavy (non-hydrogen) atoms. The molecule has 0 unspecified atom stereocenters. The summed E-state index contributed by atoms with van der Waals surface area (Å²) in [5.41, 5.74) is 0.206. The van der Waals surface area contributed by atoms with Crippen molar-refractivity contribution in [1.29, 1.82) is 0 Å². The zero-order chi connectivity index (χ0) is 10.9. The number of hydrogen-bond acceptors (Lipinski definition) is 3. The predicted molar refractivity (Wildman–Crippen MR) is 63.8 cm³/mol. The Balaban J connectivity index is 2.04. The van der Waals surface area contributed by atoms with Crippen LogP contribution in [0.15, 0.2) is 21.2 Å². The molecule has 1 saturated heterocycles. The molecule has 1 aliphatic rings. The van der Waals surface area contributed by atoms with Gasteiger partial charge in [-0.05, 0) is 41.9 Å². The molecule has 1 aromatic heterocycles. The maximum atomic E-state index is 5.53. The van der Waals surface area contributed by atoms with E-state index in [1.807, 2.05) is 12.1 Å². The van der Waals surface area contributed by atoms with Crippen LogP contribution in [0.4, 0.5) is 0 Å². The van der Waals surface area contributed by atoms with E-state index in [0.717, 1.165) is 36.6 Å². The second kappa shape index (κ2) is 4.28. The highest BCUT2D eigenvalue weighted by Gasteiger charge is 2.29. The number of nitrogens with zero attached hydrogens (tertiary/aromatic N) is 1. The number of hydrogen-bond donors (Lipinski definition) is 1. The number of rotatable bonds is 2. The Labute approximate surface area is 99.0 Å². The van der Waals surface area contributed by atoms with Crippen molar-refractivity contribution in [2.24, 2.45) is 0 Å². The maximum Gasteiger partial charge on any atom is 0.169 e. The van der Waals surface area contributed by atoms with Gasteiger partial charge in [-0.2, -0.15) is 0 Å². The lowest BCUT2D eigenvalue weighted by molar-refractivity contribution is 0.0750. The second-order valence-corrected chi connectivity index (χ2v) is 5.40. The Morgan fingerprint density at radius 1 is 1.53 bits per heavy atom. The Hall–Kier alpha value is -0.320. The van der Waals surface area contributed by atoms with Gasteiger partial charge in [0.05, 0.1) is 6.54 Å². The molecule has 0 spiro atoms. The molecule has 1 aromatic rings. The van der Waals surface area contributed by atoms with Gasteiger partial charge in [-0.1, -0.05) is 0 Å². The lowest BCUT2D eigenvalue weighted by Crippen LogP contribution is -2.57. The summed E-state index contributed by atoms with van der Waals surface area (Å²) in [6.07, 6.45) is 0. The minimum absolute atomic E-state index is 0.206. The Morgan fingerprint density at radius 3 is 2.93 bits per heavy atom. The fourth-order valence-corrected chi connectivity index (χ4v) is 2.28. The minimum Gasteiger partial charge on any atom is -0.453 e. The van der Waals surface area contributed by atoms with Crippen LogP contribution in [0.1, 0.15) is 19.6 Å². The van der Waals surface area contributed by atoms with Crippen molar-refractivity contribution in [2.45, 2.75) is 25.9 Å². The van der Waals surface area contributed by atoms with Crippen molar-refractivity contribution in [1.82, 2.24) is 10.2 Å². The van der Waals surface area contributed by atoms with E-state index in [1.165, 1.54) is 0 Å². The fourth-order valence-electron chi connectivity index (χ4n) is 1.94. The van der Waals surface area contributed by atoms with Crippen LogP contribution >= 0.6 is 15.9 Å². The monoisotopic (exact) mass is 272 g/mol. The smallest absolute Gasteiger partial charge is 0.169 e. The molecule has 2 heterocycles. The quantitative estimate of drug-likeness (QED) is 0.895. The third-order valence-electron chi connectivity index (χ3n) is 2.95. The van der Waals surface area contributed by atoms with E-state index < -0.39 is 0 Å². The largest absolute Gasteiger partial charge is 0.453 e. The summed E-state index contributed by atoms with van der Waals surface area (Å²) in [6.45, 7) is 8.58. The highest BCUT2D eigenvalue weighted by molar-refractivity contribution is 9.10. The average Bonchev–Trinajstić information content (AvgIpc) is 2.55. The summed E-state index contributed by atoms with van der Waals surface area (Å²) in [7, 11) is 0. The summed E-state index contributed by atoms with van der Waals surface area (Å²) >= 11 is 3.33. The number of nitrogens with one attached hydrogen (secondary N) is 1. The molecule has 3 nitrogen and oxygen atoms in total. The Morgan fingerprint density at radius 2 is 2.33 bits per heavy atom. The van der Waals surface area contributed by atoms with E-state index in [9.17, 15) is 0 Å². The summed E-state index contributed by atoms with van der Waals surface area (Å²) in [4.78, 5) is 2.45. The summed E-state index contributed by atoms with van der Waals surface area (Å²) in [6, 6.07) is 3.98. The molecule has 2 rings (SSSR count). The Bertz CT molecular complexity index is 335. The first-order valence-corrected chi connectivity index (χ1v) is 6.07. The van der Waals surface area contributed by atoms with Crippen LogP contribution in [-0.2, 0) is 6.54 Å². The average molecular weight is 273 g/mol. The first-order chi connectivity index (χ1) is 7.08. The normalized spacial score (nSPS) is 21.8. The summed E-state index contributed by atoms with van der Waals surface area (Å²) < 4.78 is 6.34. The van der Waals surface area contributed by atoms with Crippen molar-refractivity contribution in [3.05, 3.63) is 22.6 Å². The molecule has 0 radical (unpaired) electrons. The van der Waals surface area contributed by atoms with Gasteiger partial charge in [0.15, 0.2) is 4.67 Å². The standard InChI is InChI=1S/C11H17BrN2O/c1-11(2)8-13-5-6-14(11)7-9-3-4-10(12)15-9/h3-4,13H,5-8H2,1-2H3. The van der Waals surface area contributed by atoms with Crippen molar-refractivity contribution in [3.8, 4) is 0 Å². The lowest BCUT2D eigenvalue weighted by Gasteiger charge is -2.42. The van der Waals surface area contributed by atoms with Crippen LogP contribution in [0.3, 0.4) is 0 Å². The third kappa shape index (κ3) is 2.62. The van der Waals surface area contributed by atoms with Crippen molar-refractivity contribution in [2.75, 3.05) is 19.6 Å². The molecule has 0 saturated carbocycles. The van der Waals surface area contributed by atoms with Crippen LogP contribution in [-0.4, -0.2) is 30.1 Å². The van der Waals surface area contributed by atoms with E-state index in [0.29, 0.717) is 0 Å². The van der Waals surface area contributed by atoms with Crippen molar-refractivity contribution in [3.63, 3.8) is 0 Å². The van der Waals surface area contributed by atoms with Gasteiger partial charge in [0.25, 0.3) is 0 Å². The van der Waals surface area contributed by atoms with Crippen LogP contribution in [0.2, 0.25) is 0 Å². The molecule has 0 aromatic carbocycles. The van der Waals surface area contributed by atoms with Gasteiger partial charge in [0.2, 0.25) is 0 Å². The van der Waals surface area contributed by atoms with E-state index in [-0.39, 0.29) is 5.54 Å². The molecule has 1 N–H and O–H groups in total. The van der Waals surface area contributed by atoms with Gasteiger partial charge < -0.3 is 9.73 Å². The van der Waals surface area contributed by atoms with Gasteiger partial charge in [-0.25, -0.2) is 0 Å². The van der Waals surface area contributed by atoms with Crippen molar-refractivity contribution >= 4 is 15.9 Å². The molecule has 0 amide bonds. The first-order valence-electron chi connectivity index (χ1n) is 5.28. The number of furan rings is 1. The fraction of sp³-hybridized carbons (Fsp3) is 0.636.